The Kier molecular flexibility index (Phi) is 4.16. The molecule has 0 spiro atoms. The van der Waals surface area contributed by atoms with Crippen LogP contribution in [0.3, 0.4) is 0 Å². The molecule has 100 valence electrons. The van der Waals surface area contributed by atoms with Crippen molar-refractivity contribution in [2.45, 2.75) is 12.8 Å². The van der Waals surface area contributed by atoms with Crippen molar-refractivity contribution in [3.8, 4) is 0 Å². The number of rotatable bonds is 3. The van der Waals surface area contributed by atoms with Crippen molar-refractivity contribution >= 4 is 29.3 Å². The Labute approximate surface area is 115 Å². The number of halogens is 1. The monoisotopic (exact) mass is 280 g/mol. The highest BCUT2D eigenvalue weighted by molar-refractivity contribution is 6.29. The summed E-state index contributed by atoms with van der Waals surface area (Å²) in [5, 5.41) is 12.3. The molecular formula is C13H13ClN2O3. The maximum atomic E-state index is 12.1. The summed E-state index contributed by atoms with van der Waals surface area (Å²) in [6.45, 7) is 0. The quantitative estimate of drug-likeness (QED) is 0.890. The average Bonchev–Trinajstić information content (AvgIpc) is 2.39. The van der Waals surface area contributed by atoms with Crippen LogP contribution in [-0.2, 0) is 9.59 Å². The summed E-state index contributed by atoms with van der Waals surface area (Å²) in [5.41, 5.74) is 0. The van der Waals surface area contributed by atoms with Gasteiger partial charge in [0.2, 0.25) is 5.91 Å². The van der Waals surface area contributed by atoms with Crippen molar-refractivity contribution < 1.29 is 14.7 Å². The molecule has 1 heterocycles. The molecule has 5 nitrogen and oxygen atoms in total. The van der Waals surface area contributed by atoms with Gasteiger partial charge in [-0.05, 0) is 25.0 Å². The van der Waals surface area contributed by atoms with Gasteiger partial charge >= 0.3 is 5.97 Å². The first kappa shape index (κ1) is 13.5. The summed E-state index contributed by atoms with van der Waals surface area (Å²) in [4.78, 5) is 27.3. The van der Waals surface area contributed by atoms with Crippen LogP contribution in [0.4, 0.5) is 5.82 Å². The molecular weight excluding hydrogens is 268 g/mol. The third-order valence-electron chi connectivity index (χ3n) is 3.06. The summed E-state index contributed by atoms with van der Waals surface area (Å²) in [6.07, 6.45) is 3.73. The van der Waals surface area contributed by atoms with Gasteiger partial charge in [-0.15, -0.1) is 0 Å². The number of nitrogens with one attached hydrogen (secondary N) is 1. The lowest BCUT2D eigenvalue weighted by atomic mass is 9.82. The van der Waals surface area contributed by atoms with Crippen LogP contribution < -0.4 is 5.32 Å². The van der Waals surface area contributed by atoms with E-state index < -0.39 is 17.8 Å². The Balaban J connectivity index is 2.12. The van der Waals surface area contributed by atoms with Crippen molar-refractivity contribution in [3.05, 3.63) is 35.5 Å². The summed E-state index contributed by atoms with van der Waals surface area (Å²) in [7, 11) is 0. The number of anilines is 1. The normalized spacial score (nSPS) is 22.5. The van der Waals surface area contributed by atoms with Crippen molar-refractivity contribution in [3.63, 3.8) is 0 Å². The van der Waals surface area contributed by atoms with Crippen LogP contribution >= 0.6 is 11.6 Å². The van der Waals surface area contributed by atoms with Gasteiger partial charge < -0.3 is 10.4 Å². The van der Waals surface area contributed by atoms with E-state index in [2.05, 4.69) is 10.3 Å². The predicted octanol–water partition coefficient (Wildman–Crippen LogP) is 2.25. The summed E-state index contributed by atoms with van der Waals surface area (Å²) in [6, 6.07) is 5.12. The smallest absolute Gasteiger partial charge is 0.307 e. The second kappa shape index (κ2) is 5.84. The summed E-state index contributed by atoms with van der Waals surface area (Å²) >= 11 is 5.90. The zero-order valence-electron chi connectivity index (χ0n) is 10.0. The van der Waals surface area contributed by atoms with Gasteiger partial charge in [0.25, 0.3) is 0 Å². The molecule has 0 fully saturated rings. The molecule has 1 aromatic heterocycles. The minimum absolute atomic E-state index is 0.247. The fourth-order valence-electron chi connectivity index (χ4n) is 2.06. The minimum Gasteiger partial charge on any atom is -0.481 e. The lowest BCUT2D eigenvalue weighted by Crippen LogP contribution is -2.35. The van der Waals surface area contributed by atoms with Crippen molar-refractivity contribution in [2.75, 3.05) is 5.32 Å². The first-order valence-corrected chi connectivity index (χ1v) is 6.25. The van der Waals surface area contributed by atoms with E-state index in [4.69, 9.17) is 16.7 Å². The molecule has 19 heavy (non-hydrogen) atoms. The van der Waals surface area contributed by atoms with Crippen LogP contribution in [0.15, 0.2) is 35.5 Å². The average molecular weight is 281 g/mol. The van der Waals surface area contributed by atoms with Crippen LogP contribution in [0.25, 0.3) is 0 Å². The zero-order chi connectivity index (χ0) is 13.8. The van der Waals surface area contributed by atoms with E-state index in [1.165, 1.54) is 0 Å². The van der Waals surface area contributed by atoms with Crippen LogP contribution in [-0.4, -0.2) is 22.0 Å². The standard InChI is InChI=1S/C13H13ClN2O3/c14-8-4-5-9(13(18)19)10(7-8)12(17)16-11-3-1-2-6-15-11/h1-4,6,9-10H,5,7H2,(H,18,19)(H,15,16,17). The SMILES string of the molecule is O=C(O)C1CC=C(Cl)CC1C(=O)Nc1ccccn1. The van der Waals surface area contributed by atoms with Crippen LogP contribution in [0.1, 0.15) is 12.8 Å². The molecule has 0 aromatic carbocycles. The Morgan fingerprint density at radius 1 is 1.37 bits per heavy atom. The van der Waals surface area contributed by atoms with Gasteiger partial charge in [-0.25, -0.2) is 4.98 Å². The number of hydrogen-bond donors (Lipinski definition) is 2. The lowest BCUT2D eigenvalue weighted by Gasteiger charge is -2.25. The molecule has 0 saturated heterocycles. The molecule has 6 heteroatoms. The van der Waals surface area contributed by atoms with Gasteiger partial charge in [-0.3, -0.25) is 9.59 Å². The molecule has 0 aliphatic heterocycles. The van der Waals surface area contributed by atoms with Crippen molar-refractivity contribution in [1.29, 1.82) is 0 Å². The number of nitrogens with zero attached hydrogens (tertiary/aromatic N) is 1. The number of amides is 1. The van der Waals surface area contributed by atoms with Crippen molar-refractivity contribution in [2.24, 2.45) is 11.8 Å². The number of carboxylic acid groups (broad SMARTS) is 1. The molecule has 2 rings (SSSR count). The van der Waals surface area contributed by atoms with Gasteiger partial charge in [0.1, 0.15) is 5.82 Å². The highest BCUT2D eigenvalue weighted by Crippen LogP contribution is 2.32. The number of pyridine rings is 1. The molecule has 2 unspecified atom stereocenters. The number of aliphatic carboxylic acids is 1. The molecule has 2 atom stereocenters. The molecule has 0 saturated carbocycles. The van der Waals surface area contributed by atoms with Gasteiger partial charge in [0.05, 0.1) is 11.8 Å². The van der Waals surface area contributed by atoms with Gasteiger partial charge in [0.15, 0.2) is 0 Å². The number of carbonyl (C=O) groups is 2. The van der Waals surface area contributed by atoms with Crippen LogP contribution in [0.2, 0.25) is 0 Å². The first-order chi connectivity index (χ1) is 9.08. The Morgan fingerprint density at radius 3 is 2.79 bits per heavy atom. The van der Waals surface area contributed by atoms with Crippen LogP contribution in [0, 0.1) is 11.8 Å². The van der Waals surface area contributed by atoms with E-state index in [9.17, 15) is 9.59 Å². The maximum absolute atomic E-state index is 12.1. The van der Waals surface area contributed by atoms with Gasteiger partial charge in [-0.2, -0.15) is 0 Å². The predicted molar refractivity (Wildman–Crippen MR) is 70.7 cm³/mol. The van der Waals surface area contributed by atoms with E-state index >= 15 is 0 Å². The first-order valence-electron chi connectivity index (χ1n) is 5.87. The Hall–Kier alpha value is -1.88. The number of carboxylic acids is 1. The van der Waals surface area contributed by atoms with Gasteiger partial charge in [-0.1, -0.05) is 23.7 Å². The molecule has 1 aliphatic carbocycles. The topological polar surface area (TPSA) is 79.3 Å². The third-order valence-corrected chi connectivity index (χ3v) is 3.37. The third kappa shape index (κ3) is 3.32. The highest BCUT2D eigenvalue weighted by Gasteiger charge is 2.36. The van der Waals surface area contributed by atoms with E-state index in [0.29, 0.717) is 10.9 Å². The summed E-state index contributed by atoms with van der Waals surface area (Å²) in [5.74, 6) is -2.36. The Morgan fingerprint density at radius 2 is 2.16 bits per heavy atom. The second-order valence-corrected chi connectivity index (χ2v) is 4.83. The largest absolute Gasteiger partial charge is 0.481 e. The van der Waals surface area contributed by atoms with E-state index in [1.54, 1.807) is 30.5 Å². The molecule has 2 N–H and O–H groups in total. The Bertz CT molecular complexity index is 516. The minimum atomic E-state index is -0.985. The maximum Gasteiger partial charge on any atom is 0.307 e. The highest BCUT2D eigenvalue weighted by atomic mass is 35.5. The number of hydrogen-bond acceptors (Lipinski definition) is 3. The van der Waals surface area contributed by atoms with Crippen LogP contribution in [0.5, 0.6) is 0 Å². The van der Waals surface area contributed by atoms with E-state index in [0.717, 1.165) is 0 Å². The molecule has 0 radical (unpaired) electrons. The van der Waals surface area contributed by atoms with Gasteiger partial charge in [0, 0.05) is 11.2 Å². The fourth-order valence-corrected chi connectivity index (χ4v) is 2.31. The number of allylic oxidation sites excluding steroid dienone is 2. The molecule has 1 aliphatic rings. The van der Waals surface area contributed by atoms with E-state index in [1.807, 2.05) is 0 Å². The summed E-state index contributed by atoms with van der Waals surface area (Å²) < 4.78 is 0. The molecule has 1 aromatic rings. The second-order valence-electron chi connectivity index (χ2n) is 4.35. The zero-order valence-corrected chi connectivity index (χ0v) is 10.8. The lowest BCUT2D eigenvalue weighted by molar-refractivity contribution is -0.146. The number of carbonyl (C=O) groups excluding carboxylic acids is 1. The number of aromatic nitrogens is 1. The van der Waals surface area contributed by atoms with E-state index in [-0.39, 0.29) is 18.7 Å². The fraction of sp³-hybridized carbons (Fsp3) is 0.308. The molecule has 1 amide bonds. The van der Waals surface area contributed by atoms with Crippen molar-refractivity contribution in [1.82, 2.24) is 4.98 Å². The molecule has 0 bridgehead atoms.